The molecule has 454 valence electrons. The maximum absolute atomic E-state index is 12.7. The Labute approximate surface area is 495 Å². The van der Waals surface area contributed by atoms with Crippen LogP contribution in [0.25, 0.3) is 0 Å². The Morgan fingerprint density at radius 1 is 0.232 bits per heavy atom. The number of carbonyl (C=O) groups is 4. The van der Waals surface area contributed by atoms with Crippen molar-refractivity contribution in [1.82, 2.24) is 21.7 Å². The summed E-state index contributed by atoms with van der Waals surface area (Å²) in [5.41, 5.74) is 11.7. The minimum atomic E-state index is -0.410. The van der Waals surface area contributed by atoms with Gasteiger partial charge in [-0.1, -0.05) is 219 Å². The van der Waals surface area contributed by atoms with Crippen molar-refractivity contribution in [2.45, 2.75) is 245 Å². The van der Waals surface area contributed by atoms with Crippen LogP contribution in [-0.4, -0.2) is 50.1 Å². The van der Waals surface area contributed by atoms with Crippen molar-refractivity contribution in [2.75, 3.05) is 26.4 Å². The van der Waals surface area contributed by atoms with Gasteiger partial charge in [-0.3, -0.25) is 40.9 Å². The lowest BCUT2D eigenvalue weighted by Crippen LogP contribution is -2.41. The normalized spacial score (nSPS) is 11.0. The van der Waals surface area contributed by atoms with Crippen LogP contribution >= 0.6 is 0 Å². The van der Waals surface area contributed by atoms with Gasteiger partial charge in [0.05, 0.1) is 26.4 Å². The van der Waals surface area contributed by atoms with Crippen molar-refractivity contribution in [3.8, 4) is 23.0 Å². The summed E-state index contributed by atoms with van der Waals surface area (Å²) < 4.78 is 23.6. The largest absolute Gasteiger partial charge is 0.494 e. The second-order valence-corrected chi connectivity index (χ2v) is 22.3. The molecule has 4 rings (SSSR count). The third kappa shape index (κ3) is 33.2. The van der Waals surface area contributed by atoms with Crippen molar-refractivity contribution >= 4 is 23.6 Å². The van der Waals surface area contributed by atoms with Gasteiger partial charge in [-0.05, 0) is 123 Å². The Kier molecular flexibility index (Phi) is 38.8. The van der Waals surface area contributed by atoms with E-state index in [4.69, 9.17) is 18.9 Å². The van der Waals surface area contributed by atoms with Gasteiger partial charge in [0.1, 0.15) is 23.0 Å². The summed E-state index contributed by atoms with van der Waals surface area (Å²) in [4.78, 5) is 50.9. The minimum Gasteiger partial charge on any atom is -0.494 e. The summed E-state index contributed by atoms with van der Waals surface area (Å²) in [6, 6.07) is 27.8. The third-order valence-electron chi connectivity index (χ3n) is 15.2. The van der Waals surface area contributed by atoms with E-state index in [0.29, 0.717) is 60.2 Å². The van der Waals surface area contributed by atoms with Gasteiger partial charge >= 0.3 is 0 Å². The number of hydrogen-bond donors (Lipinski definition) is 4. The number of nitrogens with one attached hydrogen (secondary N) is 4. The van der Waals surface area contributed by atoms with Crippen LogP contribution in [0, 0.1) is 0 Å². The maximum atomic E-state index is 12.7. The van der Waals surface area contributed by atoms with Gasteiger partial charge in [0.25, 0.3) is 23.6 Å². The summed E-state index contributed by atoms with van der Waals surface area (Å²) in [5.74, 6) is 1.24. The first-order valence-corrected chi connectivity index (χ1v) is 32.5. The summed E-state index contributed by atoms with van der Waals surface area (Å²) >= 11 is 0. The fourth-order valence-electron chi connectivity index (χ4n) is 9.94. The van der Waals surface area contributed by atoms with Crippen molar-refractivity contribution in [3.63, 3.8) is 0 Å². The van der Waals surface area contributed by atoms with E-state index in [1.807, 2.05) is 0 Å². The molecule has 12 nitrogen and oxygen atoms in total. The monoisotopic (exact) mass is 1130 g/mol. The molecule has 4 amide bonds. The first-order valence-electron chi connectivity index (χ1n) is 32.5. The zero-order chi connectivity index (χ0) is 58.2. The number of rotatable bonds is 49. The molecule has 4 aromatic carbocycles. The minimum absolute atomic E-state index is 0.402. The van der Waals surface area contributed by atoms with E-state index >= 15 is 0 Å². The lowest BCUT2D eigenvalue weighted by molar-refractivity contribution is 0.0846. The predicted octanol–water partition coefficient (Wildman–Crippen LogP) is 18.1. The molecule has 0 aliphatic carbocycles. The van der Waals surface area contributed by atoms with Gasteiger partial charge < -0.3 is 18.9 Å². The molecule has 82 heavy (non-hydrogen) atoms. The quantitative estimate of drug-likeness (QED) is 0.0252. The number of carbonyl (C=O) groups excluding carboxylic acids is 4. The number of ether oxygens (including phenoxy) is 4. The molecule has 0 saturated heterocycles. The molecular formula is C70H106N4O8. The van der Waals surface area contributed by atoms with E-state index in [2.05, 4.69) is 35.6 Å². The lowest BCUT2D eigenvalue weighted by atomic mass is 10.0. The molecule has 0 bridgehead atoms. The van der Waals surface area contributed by atoms with E-state index in [1.54, 1.807) is 97.1 Å². The second kappa shape index (κ2) is 46.4. The van der Waals surface area contributed by atoms with E-state index in [9.17, 15) is 19.2 Å². The molecule has 0 saturated carbocycles. The van der Waals surface area contributed by atoms with E-state index in [0.717, 1.165) is 62.9 Å². The molecule has 0 heterocycles. The van der Waals surface area contributed by atoms with Crippen molar-refractivity contribution in [2.24, 2.45) is 0 Å². The molecule has 0 unspecified atom stereocenters. The van der Waals surface area contributed by atoms with Gasteiger partial charge in [0.15, 0.2) is 0 Å². The van der Waals surface area contributed by atoms with Crippen LogP contribution in [0.4, 0.5) is 0 Å². The lowest BCUT2D eigenvalue weighted by Gasteiger charge is -2.10. The zero-order valence-electron chi connectivity index (χ0n) is 50.8. The van der Waals surface area contributed by atoms with Gasteiger partial charge in [-0.25, -0.2) is 0 Å². The van der Waals surface area contributed by atoms with E-state index < -0.39 is 23.6 Å². The number of benzene rings is 4. The van der Waals surface area contributed by atoms with Crippen LogP contribution in [0.15, 0.2) is 97.1 Å². The van der Waals surface area contributed by atoms with Crippen LogP contribution in [-0.2, 0) is 0 Å². The first-order chi connectivity index (χ1) is 40.4. The summed E-state index contributed by atoms with van der Waals surface area (Å²) in [6.07, 6.45) is 45.7. The Morgan fingerprint density at radius 2 is 0.378 bits per heavy atom. The van der Waals surface area contributed by atoms with Gasteiger partial charge in [-0.15, -0.1) is 0 Å². The first kappa shape index (κ1) is 68.5. The smallest absolute Gasteiger partial charge is 0.269 e. The van der Waals surface area contributed by atoms with Gasteiger partial charge in [0, 0.05) is 22.3 Å². The molecule has 4 aromatic rings. The fraction of sp³-hybridized carbons (Fsp3) is 0.600. The molecule has 0 aliphatic heterocycles. The van der Waals surface area contributed by atoms with Crippen LogP contribution in [0.5, 0.6) is 23.0 Å². The maximum Gasteiger partial charge on any atom is 0.269 e. The van der Waals surface area contributed by atoms with Crippen LogP contribution in [0.1, 0.15) is 286 Å². The molecule has 0 radical (unpaired) electrons. The molecule has 0 atom stereocenters. The standard InChI is InChI=1S/C70H106N4O8/c1-3-5-7-9-11-13-15-17-19-21-23-27-31-35-55-79-63-47-39-59(40-48-63)67(75)71-73-69(77)61-43-51-65(52-44-61)81-57-37-33-29-25-26-30-34-38-58-82-66-53-45-62(46-54-66)70(78)74-72-68(76)60-41-49-64(50-42-60)80-56-36-32-28-24-22-20-18-16-14-12-10-8-6-4-2/h39-54H,3-38,55-58H2,1-2H3,(H,71,75)(H,72,76)(H,73,77)(H,74,78). The molecule has 12 heteroatoms. The molecular weight excluding hydrogens is 1020 g/mol. The topological polar surface area (TPSA) is 153 Å². The van der Waals surface area contributed by atoms with Crippen LogP contribution in [0.2, 0.25) is 0 Å². The molecule has 0 fully saturated rings. The van der Waals surface area contributed by atoms with E-state index in [-0.39, 0.29) is 0 Å². The summed E-state index contributed by atoms with van der Waals surface area (Å²) in [5, 5.41) is 0. The zero-order valence-corrected chi connectivity index (χ0v) is 50.8. The average Bonchev–Trinajstić information content (AvgIpc) is 3.54. The molecule has 0 spiro atoms. The van der Waals surface area contributed by atoms with E-state index in [1.165, 1.54) is 180 Å². The highest BCUT2D eigenvalue weighted by Gasteiger charge is 2.12. The highest BCUT2D eigenvalue weighted by molar-refractivity contribution is 6.00. The number of hydrazine groups is 2. The Morgan fingerprint density at radius 3 is 0.537 bits per heavy atom. The Hall–Kier alpha value is -6.04. The Balaban J connectivity index is 0.912. The third-order valence-corrected chi connectivity index (χ3v) is 15.2. The van der Waals surface area contributed by atoms with Crippen molar-refractivity contribution in [3.05, 3.63) is 119 Å². The Bertz CT molecular complexity index is 2080. The SMILES string of the molecule is CCCCCCCCCCCCCCCCOc1ccc(C(=O)NNC(=O)c2ccc(OCCCCCCCCCCOc3ccc(C(=O)NNC(=O)c4ccc(OCCCCCCCCCCCCCCCC)cc4)cc3)cc2)cc1. The highest BCUT2D eigenvalue weighted by Crippen LogP contribution is 2.20. The summed E-state index contributed by atoms with van der Waals surface area (Å²) in [7, 11) is 0. The second-order valence-electron chi connectivity index (χ2n) is 22.3. The molecule has 4 N–H and O–H groups in total. The number of hydrogen-bond acceptors (Lipinski definition) is 8. The highest BCUT2D eigenvalue weighted by atomic mass is 16.5. The molecule has 0 aliphatic rings. The van der Waals surface area contributed by atoms with Gasteiger partial charge in [-0.2, -0.15) is 0 Å². The van der Waals surface area contributed by atoms with Crippen molar-refractivity contribution in [1.29, 1.82) is 0 Å². The number of amides is 4. The van der Waals surface area contributed by atoms with Crippen molar-refractivity contribution < 1.29 is 38.1 Å². The predicted molar refractivity (Wildman–Crippen MR) is 335 cm³/mol. The van der Waals surface area contributed by atoms with Crippen LogP contribution < -0.4 is 40.7 Å². The summed E-state index contributed by atoms with van der Waals surface area (Å²) in [6.45, 7) is 7.08. The number of unbranched alkanes of at least 4 members (excludes halogenated alkanes) is 33. The van der Waals surface area contributed by atoms with Crippen LogP contribution in [0.3, 0.4) is 0 Å². The molecule has 0 aromatic heterocycles. The average molecular weight is 1130 g/mol. The van der Waals surface area contributed by atoms with Gasteiger partial charge in [0.2, 0.25) is 0 Å². The fourth-order valence-corrected chi connectivity index (χ4v) is 9.94.